The normalized spacial score (nSPS) is 23.6. The van der Waals surface area contributed by atoms with Crippen molar-refractivity contribution in [2.24, 2.45) is 5.92 Å². The average molecular weight is 355 g/mol. The van der Waals surface area contributed by atoms with Crippen molar-refractivity contribution in [3.63, 3.8) is 0 Å². The third-order valence-electron chi connectivity index (χ3n) is 5.82. The molecule has 6 heteroatoms. The van der Waals surface area contributed by atoms with Gasteiger partial charge in [0.25, 0.3) is 5.56 Å². The summed E-state index contributed by atoms with van der Waals surface area (Å²) in [5.74, 6) is 0.700. The van der Waals surface area contributed by atoms with Crippen molar-refractivity contribution in [3.05, 3.63) is 40.4 Å². The van der Waals surface area contributed by atoms with Crippen LogP contribution in [0.3, 0.4) is 0 Å². The van der Waals surface area contributed by atoms with Crippen LogP contribution in [0.4, 0.5) is 0 Å². The molecule has 1 heterocycles. The van der Waals surface area contributed by atoms with Crippen LogP contribution < -0.4 is 11.0 Å². The molecule has 1 aromatic carbocycles. The average Bonchev–Trinajstić information content (AvgIpc) is 2.63. The molecular weight excluding hydrogens is 330 g/mol. The number of ether oxygens (including phenoxy) is 1. The van der Waals surface area contributed by atoms with Gasteiger partial charge in [-0.25, -0.2) is 9.66 Å². The number of nitrogens with zero attached hydrogens (tertiary/aromatic N) is 2. The third kappa shape index (κ3) is 3.14. The van der Waals surface area contributed by atoms with Gasteiger partial charge in [0.05, 0.1) is 17.0 Å². The number of fused-ring (bicyclic) bond motifs is 1. The van der Waals surface area contributed by atoms with Gasteiger partial charge in [-0.3, -0.25) is 15.0 Å². The molecule has 0 bridgehead atoms. The summed E-state index contributed by atoms with van der Waals surface area (Å²) in [5, 5.41) is 0.536. The molecule has 6 nitrogen and oxygen atoms in total. The summed E-state index contributed by atoms with van der Waals surface area (Å²) in [6.45, 7) is 0. The van der Waals surface area contributed by atoms with Gasteiger partial charge in [-0.2, -0.15) is 0 Å². The van der Waals surface area contributed by atoms with Gasteiger partial charge < -0.3 is 4.74 Å². The van der Waals surface area contributed by atoms with Crippen molar-refractivity contribution < 1.29 is 9.53 Å². The van der Waals surface area contributed by atoms with Gasteiger partial charge in [0.15, 0.2) is 0 Å². The Bertz CT molecular complexity index is 872. The number of carbonyl (C=O) groups excluding carboxylic acids is 1. The Labute approximate surface area is 152 Å². The number of benzene rings is 1. The Balaban J connectivity index is 1.67. The minimum absolute atomic E-state index is 0.105. The Morgan fingerprint density at radius 3 is 2.69 bits per heavy atom. The maximum atomic E-state index is 13.0. The minimum Gasteiger partial charge on any atom is -0.381 e. The first-order valence-electron chi connectivity index (χ1n) is 9.52. The summed E-state index contributed by atoms with van der Waals surface area (Å²) < 4.78 is 6.84. The van der Waals surface area contributed by atoms with Gasteiger partial charge in [-0.05, 0) is 44.2 Å². The van der Waals surface area contributed by atoms with Crippen LogP contribution >= 0.6 is 0 Å². The smallest absolute Gasteiger partial charge is 0.280 e. The fourth-order valence-corrected chi connectivity index (χ4v) is 4.00. The lowest BCUT2D eigenvalue weighted by Crippen LogP contribution is -2.42. The van der Waals surface area contributed by atoms with Gasteiger partial charge in [-0.15, -0.1) is 0 Å². The standard InChI is InChI=1S/C20H25N3O3/c1-26-15-9-5-8-14(12-15)19(24)22-23-18(13-6-4-7-13)21-17-11-3-2-10-16(17)20(23)25/h2-3,10-11,13-15H,4-9,12H2,1H3,(H,22,24)/t14-,15+/m0/s1. The molecule has 138 valence electrons. The van der Waals surface area contributed by atoms with Crippen molar-refractivity contribution in [1.82, 2.24) is 9.66 Å². The molecule has 1 N–H and O–H groups in total. The number of amides is 1. The van der Waals surface area contributed by atoms with E-state index in [-0.39, 0.29) is 29.4 Å². The van der Waals surface area contributed by atoms with Crippen molar-refractivity contribution in [1.29, 1.82) is 0 Å². The van der Waals surface area contributed by atoms with Crippen molar-refractivity contribution in [3.8, 4) is 0 Å². The fourth-order valence-electron chi connectivity index (χ4n) is 4.00. The topological polar surface area (TPSA) is 73.2 Å². The second-order valence-corrected chi connectivity index (χ2v) is 7.45. The minimum atomic E-state index is -0.190. The number of para-hydroxylation sites is 1. The highest BCUT2D eigenvalue weighted by Crippen LogP contribution is 2.35. The second kappa shape index (κ2) is 7.19. The maximum absolute atomic E-state index is 13.0. The van der Waals surface area contributed by atoms with E-state index in [2.05, 4.69) is 5.43 Å². The first-order valence-corrected chi connectivity index (χ1v) is 9.52. The summed E-state index contributed by atoms with van der Waals surface area (Å²) in [6.07, 6.45) is 6.78. The van der Waals surface area contributed by atoms with Crippen LogP contribution in [-0.4, -0.2) is 28.8 Å². The van der Waals surface area contributed by atoms with E-state index >= 15 is 0 Å². The summed E-state index contributed by atoms with van der Waals surface area (Å²) in [4.78, 5) is 30.6. The van der Waals surface area contributed by atoms with Crippen LogP contribution in [0, 0.1) is 5.92 Å². The van der Waals surface area contributed by atoms with Gasteiger partial charge >= 0.3 is 0 Å². The molecule has 26 heavy (non-hydrogen) atoms. The lowest BCUT2D eigenvalue weighted by atomic mass is 9.84. The Morgan fingerprint density at radius 1 is 1.19 bits per heavy atom. The summed E-state index contributed by atoms with van der Waals surface area (Å²) in [6, 6.07) is 7.33. The molecule has 2 saturated carbocycles. The third-order valence-corrected chi connectivity index (χ3v) is 5.82. The lowest BCUT2D eigenvalue weighted by Gasteiger charge is -2.30. The molecule has 1 aromatic heterocycles. The zero-order valence-electron chi connectivity index (χ0n) is 15.1. The number of hydrogen-bond donors (Lipinski definition) is 1. The lowest BCUT2D eigenvalue weighted by molar-refractivity contribution is -0.123. The molecule has 2 fully saturated rings. The fraction of sp³-hybridized carbons (Fsp3) is 0.550. The monoisotopic (exact) mass is 355 g/mol. The van der Waals surface area contributed by atoms with Crippen LogP contribution in [0.2, 0.25) is 0 Å². The van der Waals surface area contributed by atoms with E-state index in [1.54, 1.807) is 13.2 Å². The molecule has 2 aliphatic rings. The van der Waals surface area contributed by atoms with E-state index in [0.29, 0.717) is 23.1 Å². The van der Waals surface area contributed by atoms with E-state index in [1.807, 2.05) is 18.2 Å². The molecule has 1 amide bonds. The highest BCUT2D eigenvalue weighted by Gasteiger charge is 2.30. The molecule has 0 saturated heterocycles. The van der Waals surface area contributed by atoms with Crippen LogP contribution in [0.25, 0.3) is 10.9 Å². The molecule has 2 aromatic rings. The predicted octanol–water partition coefficient (Wildman–Crippen LogP) is 2.94. The van der Waals surface area contributed by atoms with Crippen LogP contribution in [0.15, 0.2) is 29.1 Å². The Kier molecular flexibility index (Phi) is 4.76. The number of rotatable bonds is 4. The number of aromatic nitrogens is 2. The van der Waals surface area contributed by atoms with Gasteiger partial charge in [0.2, 0.25) is 5.91 Å². The van der Waals surface area contributed by atoms with Crippen molar-refractivity contribution >= 4 is 16.8 Å². The Morgan fingerprint density at radius 2 is 1.96 bits per heavy atom. The van der Waals surface area contributed by atoms with E-state index in [1.165, 1.54) is 4.68 Å². The van der Waals surface area contributed by atoms with E-state index in [4.69, 9.17) is 9.72 Å². The van der Waals surface area contributed by atoms with E-state index in [0.717, 1.165) is 38.5 Å². The number of carbonyl (C=O) groups is 1. The Hall–Kier alpha value is -2.21. The van der Waals surface area contributed by atoms with E-state index < -0.39 is 0 Å². The first-order chi connectivity index (χ1) is 12.7. The largest absolute Gasteiger partial charge is 0.381 e. The van der Waals surface area contributed by atoms with Crippen molar-refractivity contribution in [2.45, 2.75) is 57.0 Å². The van der Waals surface area contributed by atoms with Crippen LogP contribution in [-0.2, 0) is 9.53 Å². The quantitative estimate of drug-likeness (QED) is 0.915. The number of nitrogens with one attached hydrogen (secondary N) is 1. The summed E-state index contributed by atoms with van der Waals surface area (Å²) in [7, 11) is 1.69. The zero-order valence-corrected chi connectivity index (χ0v) is 15.1. The van der Waals surface area contributed by atoms with Gasteiger partial charge in [0, 0.05) is 18.9 Å². The number of hydrogen-bond acceptors (Lipinski definition) is 4. The van der Waals surface area contributed by atoms with Gasteiger partial charge in [-0.1, -0.05) is 25.0 Å². The SMILES string of the molecule is CO[C@@H]1CCC[C@H](C(=O)Nn2c(C3CCC3)nc3ccccc3c2=O)C1. The second-order valence-electron chi connectivity index (χ2n) is 7.45. The van der Waals surface area contributed by atoms with Crippen molar-refractivity contribution in [2.75, 3.05) is 12.5 Å². The molecule has 0 unspecified atom stereocenters. The molecule has 0 radical (unpaired) electrons. The van der Waals surface area contributed by atoms with Crippen LogP contribution in [0.5, 0.6) is 0 Å². The molecule has 0 spiro atoms. The molecule has 2 atom stereocenters. The highest BCUT2D eigenvalue weighted by atomic mass is 16.5. The van der Waals surface area contributed by atoms with Crippen LogP contribution in [0.1, 0.15) is 56.7 Å². The maximum Gasteiger partial charge on any atom is 0.280 e. The molecule has 4 rings (SSSR count). The molecule has 0 aliphatic heterocycles. The zero-order chi connectivity index (χ0) is 18.1. The van der Waals surface area contributed by atoms with E-state index in [9.17, 15) is 9.59 Å². The molecule has 2 aliphatic carbocycles. The molecular formula is C20H25N3O3. The summed E-state index contributed by atoms with van der Waals surface area (Å²) in [5.41, 5.74) is 3.39. The first kappa shape index (κ1) is 17.2. The van der Waals surface area contributed by atoms with Gasteiger partial charge in [0.1, 0.15) is 5.82 Å². The highest BCUT2D eigenvalue weighted by molar-refractivity contribution is 5.87. The summed E-state index contributed by atoms with van der Waals surface area (Å²) >= 11 is 0. The number of methoxy groups -OCH3 is 1. The predicted molar refractivity (Wildman–Crippen MR) is 99.7 cm³/mol.